The van der Waals surface area contributed by atoms with Crippen molar-refractivity contribution in [3.63, 3.8) is 0 Å². The molecule has 1 rings (SSSR count). The highest BCUT2D eigenvalue weighted by atomic mass is 127. The first-order valence-corrected chi connectivity index (χ1v) is 11.7. The Morgan fingerprint density at radius 3 is 2.41 bits per heavy atom. The van der Waals surface area contributed by atoms with Crippen molar-refractivity contribution in [3.8, 4) is 5.88 Å². The first-order valence-electron chi connectivity index (χ1n) is 7.69. The van der Waals surface area contributed by atoms with E-state index in [9.17, 15) is 5.11 Å². The van der Waals surface area contributed by atoms with E-state index in [1.165, 1.54) is 0 Å². The summed E-state index contributed by atoms with van der Waals surface area (Å²) in [5.41, 5.74) is 0.787. The van der Waals surface area contributed by atoms with E-state index in [2.05, 4.69) is 68.5 Å². The summed E-state index contributed by atoms with van der Waals surface area (Å²) in [7, 11) is -1.79. The number of halogens is 1. The molecule has 1 N–H and O–H groups in total. The molecule has 128 valence electrons. The van der Waals surface area contributed by atoms with Crippen LogP contribution in [0.3, 0.4) is 0 Å². The van der Waals surface area contributed by atoms with Crippen LogP contribution in [-0.2, 0) is 11.0 Å². The van der Waals surface area contributed by atoms with Gasteiger partial charge in [-0.25, -0.2) is 0 Å². The SMILES string of the molecule is CCOc1nn(C(C)CO[Si](C)(C)C(C)(C)C)c(CO)c1I. The molecule has 0 saturated carbocycles. The molecule has 0 aliphatic carbocycles. The Morgan fingerprint density at radius 2 is 1.95 bits per heavy atom. The van der Waals surface area contributed by atoms with Gasteiger partial charge in [-0.15, -0.1) is 5.10 Å². The molecule has 1 unspecified atom stereocenters. The maximum absolute atomic E-state index is 9.63. The summed E-state index contributed by atoms with van der Waals surface area (Å²) in [6.45, 7) is 16.3. The molecular weight excluding hydrogens is 411 g/mol. The van der Waals surface area contributed by atoms with Gasteiger partial charge in [-0.3, -0.25) is 4.68 Å². The largest absolute Gasteiger partial charge is 0.476 e. The normalized spacial score (nSPS) is 14.2. The molecule has 22 heavy (non-hydrogen) atoms. The summed E-state index contributed by atoms with van der Waals surface area (Å²) in [6, 6.07) is 0.0546. The maximum Gasteiger partial charge on any atom is 0.246 e. The lowest BCUT2D eigenvalue weighted by Crippen LogP contribution is -2.42. The number of aliphatic hydroxyl groups excluding tert-OH is 1. The fourth-order valence-electron chi connectivity index (χ4n) is 1.78. The van der Waals surface area contributed by atoms with Gasteiger partial charge in [0.1, 0.15) is 3.57 Å². The van der Waals surface area contributed by atoms with Crippen LogP contribution in [0.4, 0.5) is 0 Å². The topological polar surface area (TPSA) is 56.5 Å². The Kier molecular flexibility index (Phi) is 6.91. The van der Waals surface area contributed by atoms with Gasteiger partial charge in [-0.1, -0.05) is 20.8 Å². The van der Waals surface area contributed by atoms with E-state index < -0.39 is 8.32 Å². The molecule has 0 saturated heterocycles. The summed E-state index contributed by atoms with van der Waals surface area (Å²) in [6.07, 6.45) is 0. The van der Waals surface area contributed by atoms with Crippen molar-refractivity contribution in [2.75, 3.05) is 13.2 Å². The molecule has 1 atom stereocenters. The molecule has 1 heterocycles. The second kappa shape index (κ2) is 7.63. The summed E-state index contributed by atoms with van der Waals surface area (Å²) in [5, 5.41) is 14.3. The van der Waals surface area contributed by atoms with Crippen LogP contribution in [0.5, 0.6) is 5.88 Å². The van der Waals surface area contributed by atoms with Crippen molar-refractivity contribution in [2.24, 2.45) is 0 Å². The molecular formula is C15H29IN2O3Si. The van der Waals surface area contributed by atoms with E-state index in [-0.39, 0.29) is 17.7 Å². The number of rotatable bonds is 7. The smallest absolute Gasteiger partial charge is 0.246 e. The Labute approximate surface area is 148 Å². The average Bonchev–Trinajstić information content (AvgIpc) is 2.72. The molecule has 0 aromatic carbocycles. The number of aliphatic hydroxyl groups is 1. The van der Waals surface area contributed by atoms with Crippen LogP contribution < -0.4 is 4.74 Å². The van der Waals surface area contributed by atoms with Gasteiger partial charge in [-0.2, -0.15) is 0 Å². The standard InChI is InChI=1S/C15H29IN2O3Si/c1-8-20-14-13(16)12(9-19)18(17-14)11(2)10-21-22(6,7)15(3,4)5/h11,19H,8-10H2,1-7H3. The van der Waals surface area contributed by atoms with Crippen molar-refractivity contribution >= 4 is 30.9 Å². The lowest BCUT2D eigenvalue weighted by molar-refractivity contribution is 0.211. The zero-order valence-corrected chi connectivity index (χ0v) is 17.9. The number of nitrogens with zero attached hydrogens (tertiary/aromatic N) is 2. The van der Waals surface area contributed by atoms with Crippen molar-refractivity contribution in [1.29, 1.82) is 0 Å². The lowest BCUT2D eigenvalue weighted by Gasteiger charge is -2.37. The predicted molar refractivity (Wildman–Crippen MR) is 99.9 cm³/mol. The van der Waals surface area contributed by atoms with E-state index in [0.717, 1.165) is 9.26 Å². The van der Waals surface area contributed by atoms with Crippen molar-refractivity contribution in [2.45, 2.75) is 65.4 Å². The Bertz CT molecular complexity index is 498. The summed E-state index contributed by atoms with van der Waals surface area (Å²) < 4.78 is 14.5. The highest BCUT2D eigenvalue weighted by molar-refractivity contribution is 14.1. The van der Waals surface area contributed by atoms with Crippen LogP contribution in [0.2, 0.25) is 18.1 Å². The Balaban J connectivity index is 2.90. The minimum Gasteiger partial charge on any atom is -0.476 e. The van der Waals surface area contributed by atoms with E-state index in [1.807, 2.05) is 11.6 Å². The molecule has 0 spiro atoms. The Hall–Kier alpha value is -0.123. The second-order valence-electron chi connectivity index (χ2n) is 7.02. The minimum absolute atomic E-state index is 0.0528. The summed E-state index contributed by atoms with van der Waals surface area (Å²) >= 11 is 2.18. The fraction of sp³-hybridized carbons (Fsp3) is 0.800. The van der Waals surface area contributed by atoms with Gasteiger partial charge in [0.15, 0.2) is 8.32 Å². The number of hydrogen-bond acceptors (Lipinski definition) is 4. The quantitative estimate of drug-likeness (QED) is 0.515. The number of ether oxygens (including phenoxy) is 1. The molecule has 5 nitrogen and oxygen atoms in total. The van der Waals surface area contributed by atoms with Crippen LogP contribution >= 0.6 is 22.6 Å². The molecule has 0 fully saturated rings. The first-order chi connectivity index (χ1) is 10.0. The molecule has 0 aliphatic rings. The lowest BCUT2D eigenvalue weighted by atomic mass is 10.2. The fourth-order valence-corrected chi connectivity index (χ4v) is 3.55. The highest BCUT2D eigenvalue weighted by Gasteiger charge is 2.37. The maximum atomic E-state index is 9.63. The minimum atomic E-state index is -1.79. The highest BCUT2D eigenvalue weighted by Crippen LogP contribution is 2.37. The molecule has 7 heteroatoms. The van der Waals surface area contributed by atoms with Crippen LogP contribution in [-0.4, -0.2) is 36.4 Å². The number of hydrogen-bond donors (Lipinski definition) is 1. The van der Waals surface area contributed by atoms with Gasteiger partial charge in [0, 0.05) is 0 Å². The summed E-state index contributed by atoms with van der Waals surface area (Å²) in [4.78, 5) is 0. The summed E-state index contributed by atoms with van der Waals surface area (Å²) in [5.74, 6) is 0.589. The zero-order valence-electron chi connectivity index (χ0n) is 14.7. The van der Waals surface area contributed by atoms with Crippen molar-refractivity contribution in [1.82, 2.24) is 9.78 Å². The van der Waals surface area contributed by atoms with Crippen molar-refractivity contribution in [3.05, 3.63) is 9.26 Å². The molecule has 1 aromatic heterocycles. The molecule has 0 aliphatic heterocycles. The van der Waals surface area contributed by atoms with Crippen LogP contribution in [0, 0.1) is 3.57 Å². The Morgan fingerprint density at radius 1 is 1.36 bits per heavy atom. The van der Waals surface area contributed by atoms with Gasteiger partial charge in [0.05, 0.1) is 31.6 Å². The van der Waals surface area contributed by atoms with E-state index in [4.69, 9.17) is 9.16 Å². The van der Waals surface area contributed by atoms with Gasteiger partial charge in [0.25, 0.3) is 0 Å². The second-order valence-corrected chi connectivity index (χ2v) is 12.9. The molecule has 0 bridgehead atoms. The zero-order chi connectivity index (χ0) is 17.1. The predicted octanol–water partition coefficient (Wildman–Crippen LogP) is 3.96. The van der Waals surface area contributed by atoms with Crippen LogP contribution in [0.1, 0.15) is 46.4 Å². The third-order valence-electron chi connectivity index (χ3n) is 4.26. The van der Waals surface area contributed by atoms with E-state index in [0.29, 0.717) is 19.1 Å². The van der Waals surface area contributed by atoms with Crippen LogP contribution in [0.15, 0.2) is 0 Å². The van der Waals surface area contributed by atoms with Gasteiger partial charge in [0.2, 0.25) is 5.88 Å². The average molecular weight is 440 g/mol. The first kappa shape index (κ1) is 19.9. The number of aromatic nitrogens is 2. The van der Waals surface area contributed by atoms with Crippen molar-refractivity contribution < 1.29 is 14.3 Å². The molecule has 0 radical (unpaired) electrons. The van der Waals surface area contributed by atoms with Gasteiger partial charge >= 0.3 is 0 Å². The van der Waals surface area contributed by atoms with Gasteiger partial charge in [-0.05, 0) is 54.6 Å². The van der Waals surface area contributed by atoms with E-state index >= 15 is 0 Å². The third-order valence-corrected chi connectivity index (χ3v) is 9.84. The van der Waals surface area contributed by atoms with Gasteiger partial charge < -0.3 is 14.3 Å². The van der Waals surface area contributed by atoms with E-state index in [1.54, 1.807) is 0 Å². The molecule has 0 amide bonds. The molecule has 1 aromatic rings. The third kappa shape index (κ3) is 4.45. The monoisotopic (exact) mass is 440 g/mol. The van der Waals surface area contributed by atoms with Crippen LogP contribution in [0.25, 0.3) is 0 Å².